The number of benzene rings is 1. The Balaban J connectivity index is 2.77. The molecule has 0 saturated heterocycles. The number of nitro benzene ring substituents is 1. The van der Waals surface area contributed by atoms with Crippen LogP contribution in [-0.4, -0.2) is 23.4 Å². The number of nitrogens with two attached hydrogens (primary N) is 1. The summed E-state index contributed by atoms with van der Waals surface area (Å²) < 4.78 is 5.09. The second kappa shape index (κ2) is 7.16. The molecule has 2 rings (SSSR count). The first-order chi connectivity index (χ1) is 11.8. The van der Waals surface area contributed by atoms with Crippen LogP contribution in [0.1, 0.15) is 32.3 Å². The van der Waals surface area contributed by atoms with E-state index in [9.17, 15) is 19.7 Å². The third kappa shape index (κ3) is 3.37. The average Bonchev–Trinajstić information content (AvgIpc) is 2.53. The highest BCUT2D eigenvalue weighted by Gasteiger charge is 2.39. The second-order valence-electron chi connectivity index (χ2n) is 5.54. The number of carbonyl (C=O) groups is 2. The van der Waals surface area contributed by atoms with Gasteiger partial charge in [0.05, 0.1) is 23.0 Å². The lowest BCUT2D eigenvalue weighted by Gasteiger charge is -2.29. The van der Waals surface area contributed by atoms with E-state index in [1.807, 2.05) is 0 Å². The molecule has 0 aromatic heterocycles. The van der Waals surface area contributed by atoms with Gasteiger partial charge in [-0.25, -0.2) is 4.79 Å². The zero-order valence-corrected chi connectivity index (χ0v) is 14.2. The number of esters is 1. The molecule has 0 fully saturated rings. The van der Waals surface area contributed by atoms with E-state index < -0.39 is 22.7 Å². The molecule has 25 heavy (non-hydrogen) atoms. The summed E-state index contributed by atoms with van der Waals surface area (Å²) in [5.41, 5.74) is 6.67. The second-order valence-corrected chi connectivity index (χ2v) is 5.54. The molecule has 0 spiro atoms. The Bertz CT molecular complexity index is 810. The summed E-state index contributed by atoms with van der Waals surface area (Å²) in [6.45, 7) is 5.07. The topological polar surface area (TPSA) is 125 Å². The number of hydrogen-bond acceptors (Lipinski definition) is 6. The van der Waals surface area contributed by atoms with Crippen LogP contribution in [0.15, 0.2) is 46.8 Å². The van der Waals surface area contributed by atoms with E-state index in [1.54, 1.807) is 26.8 Å². The van der Waals surface area contributed by atoms with Gasteiger partial charge in [-0.3, -0.25) is 14.9 Å². The van der Waals surface area contributed by atoms with Crippen molar-refractivity contribution in [3.8, 4) is 0 Å². The van der Waals surface area contributed by atoms with Gasteiger partial charge >= 0.3 is 5.97 Å². The predicted molar refractivity (Wildman–Crippen MR) is 90.2 cm³/mol. The fraction of sp³-hybridized carbons (Fsp3) is 0.294. The number of nitrogens with zero attached hydrogens (tertiary/aromatic N) is 1. The smallest absolute Gasteiger partial charge is 0.336 e. The lowest BCUT2D eigenvalue weighted by Crippen LogP contribution is -2.34. The number of ether oxygens (including phenoxy) is 1. The highest BCUT2D eigenvalue weighted by Crippen LogP contribution is 2.41. The average molecular weight is 345 g/mol. The van der Waals surface area contributed by atoms with Crippen molar-refractivity contribution in [3.63, 3.8) is 0 Å². The largest absolute Gasteiger partial charge is 0.463 e. The third-order valence-electron chi connectivity index (χ3n) is 3.97. The molecule has 1 amide bonds. The number of nitrogens with one attached hydrogen (secondary N) is 1. The van der Waals surface area contributed by atoms with Gasteiger partial charge in [0, 0.05) is 28.6 Å². The number of dihydropyridines is 1. The van der Waals surface area contributed by atoms with Gasteiger partial charge in [-0.05, 0) is 20.8 Å². The Hall–Kier alpha value is -3.16. The van der Waals surface area contributed by atoms with Gasteiger partial charge in [0.1, 0.15) is 0 Å². The zero-order valence-electron chi connectivity index (χ0n) is 14.2. The van der Waals surface area contributed by atoms with Crippen LogP contribution in [-0.2, 0) is 14.3 Å². The van der Waals surface area contributed by atoms with Gasteiger partial charge in [-0.2, -0.15) is 0 Å². The van der Waals surface area contributed by atoms with E-state index in [4.69, 9.17) is 10.5 Å². The number of hydrogen-bond donors (Lipinski definition) is 2. The first kappa shape index (κ1) is 18.2. The van der Waals surface area contributed by atoms with Crippen molar-refractivity contribution in [3.05, 3.63) is 62.5 Å². The molecule has 1 atom stereocenters. The minimum atomic E-state index is -0.973. The molecule has 0 bridgehead atoms. The van der Waals surface area contributed by atoms with Crippen LogP contribution in [0.25, 0.3) is 0 Å². The molecule has 1 heterocycles. The van der Waals surface area contributed by atoms with E-state index >= 15 is 0 Å². The first-order valence-electron chi connectivity index (χ1n) is 7.68. The molecule has 3 N–H and O–H groups in total. The quantitative estimate of drug-likeness (QED) is 0.477. The van der Waals surface area contributed by atoms with Gasteiger partial charge in [0.2, 0.25) is 5.91 Å². The summed E-state index contributed by atoms with van der Waals surface area (Å²) >= 11 is 0. The Labute approximate surface area is 144 Å². The van der Waals surface area contributed by atoms with Crippen molar-refractivity contribution in [2.75, 3.05) is 6.61 Å². The predicted octanol–water partition coefficient (Wildman–Crippen LogP) is 1.88. The maximum absolute atomic E-state index is 12.5. The lowest BCUT2D eigenvalue weighted by atomic mass is 9.79. The van der Waals surface area contributed by atoms with Crippen molar-refractivity contribution in [2.24, 2.45) is 5.73 Å². The van der Waals surface area contributed by atoms with Crippen LogP contribution in [0.2, 0.25) is 0 Å². The Morgan fingerprint density at radius 3 is 2.40 bits per heavy atom. The molecule has 1 aliphatic rings. The van der Waals surface area contributed by atoms with Gasteiger partial charge in [-0.15, -0.1) is 0 Å². The van der Waals surface area contributed by atoms with Crippen LogP contribution in [0.5, 0.6) is 0 Å². The summed E-state index contributed by atoms with van der Waals surface area (Å²) in [6, 6.07) is 5.96. The maximum Gasteiger partial charge on any atom is 0.336 e. The number of allylic oxidation sites excluding steroid dienone is 2. The highest BCUT2D eigenvalue weighted by molar-refractivity contribution is 6.01. The molecule has 132 valence electrons. The van der Waals surface area contributed by atoms with Crippen molar-refractivity contribution in [1.29, 1.82) is 0 Å². The van der Waals surface area contributed by atoms with Crippen molar-refractivity contribution in [1.82, 2.24) is 5.32 Å². The van der Waals surface area contributed by atoms with Crippen LogP contribution in [0.4, 0.5) is 5.69 Å². The highest BCUT2D eigenvalue weighted by atomic mass is 16.6. The van der Waals surface area contributed by atoms with E-state index in [0.29, 0.717) is 11.4 Å². The monoisotopic (exact) mass is 345 g/mol. The zero-order chi connectivity index (χ0) is 18.7. The standard InChI is InChI=1S/C17H19N3O5/c1-4-25-17(22)14-10(3)19-9(2)13(16(18)21)15(14)11-7-5-6-8-12(11)20(23)24/h5-8,15,19H,4H2,1-3H3,(H2,18,21). The van der Waals surface area contributed by atoms with Crippen molar-refractivity contribution < 1.29 is 19.2 Å². The molecule has 0 aliphatic carbocycles. The normalized spacial score (nSPS) is 17.2. The number of amides is 1. The Morgan fingerprint density at radius 1 is 1.24 bits per heavy atom. The molecule has 8 nitrogen and oxygen atoms in total. The number of primary amides is 1. The van der Waals surface area contributed by atoms with Crippen LogP contribution in [0, 0.1) is 10.1 Å². The Morgan fingerprint density at radius 2 is 1.84 bits per heavy atom. The third-order valence-corrected chi connectivity index (χ3v) is 3.97. The maximum atomic E-state index is 12.5. The fourth-order valence-electron chi connectivity index (χ4n) is 3.01. The molecular weight excluding hydrogens is 326 g/mol. The minimum Gasteiger partial charge on any atom is -0.463 e. The van der Waals surface area contributed by atoms with Crippen LogP contribution < -0.4 is 11.1 Å². The van der Waals surface area contributed by atoms with Gasteiger partial charge in [0.15, 0.2) is 0 Å². The van der Waals surface area contributed by atoms with Gasteiger partial charge in [0.25, 0.3) is 5.69 Å². The first-order valence-corrected chi connectivity index (χ1v) is 7.68. The van der Waals surface area contributed by atoms with Crippen molar-refractivity contribution >= 4 is 17.6 Å². The summed E-state index contributed by atoms with van der Waals surface area (Å²) in [6.07, 6.45) is 0. The summed E-state index contributed by atoms with van der Waals surface area (Å²) in [5.74, 6) is -2.39. The van der Waals surface area contributed by atoms with Crippen LogP contribution in [0.3, 0.4) is 0 Å². The van der Waals surface area contributed by atoms with Crippen molar-refractivity contribution in [2.45, 2.75) is 26.7 Å². The molecule has 1 aliphatic heterocycles. The molecule has 1 aromatic rings. The summed E-state index contributed by atoms with van der Waals surface area (Å²) in [5, 5.41) is 14.4. The van der Waals surface area contributed by atoms with Gasteiger partial charge < -0.3 is 15.8 Å². The fourth-order valence-corrected chi connectivity index (χ4v) is 3.01. The van der Waals surface area contributed by atoms with Gasteiger partial charge in [-0.1, -0.05) is 18.2 Å². The number of nitro groups is 1. The van der Waals surface area contributed by atoms with E-state index in [2.05, 4.69) is 5.32 Å². The van der Waals surface area contributed by atoms with E-state index in [-0.39, 0.29) is 29.0 Å². The van der Waals surface area contributed by atoms with E-state index in [0.717, 1.165) is 0 Å². The molecule has 0 saturated carbocycles. The molecule has 1 aromatic carbocycles. The molecule has 0 radical (unpaired) electrons. The molecule has 1 unspecified atom stereocenters. The number of carbonyl (C=O) groups excluding carboxylic acids is 2. The number of rotatable bonds is 5. The Kier molecular flexibility index (Phi) is 5.21. The summed E-state index contributed by atoms with van der Waals surface area (Å²) in [4.78, 5) is 35.4. The summed E-state index contributed by atoms with van der Waals surface area (Å²) in [7, 11) is 0. The lowest BCUT2D eigenvalue weighted by molar-refractivity contribution is -0.385. The van der Waals surface area contributed by atoms with E-state index in [1.165, 1.54) is 18.2 Å². The molecule has 8 heteroatoms. The SMILES string of the molecule is CCOC(=O)C1=C(C)NC(C)=C(C(N)=O)C1c1ccccc1[N+](=O)[O-]. The van der Waals surface area contributed by atoms with Crippen LogP contribution >= 0.6 is 0 Å². The molecular formula is C17H19N3O5. The minimum absolute atomic E-state index is 0.1000. The number of para-hydroxylation sites is 1.